The Labute approximate surface area is 165 Å². The van der Waals surface area contributed by atoms with E-state index >= 15 is 0 Å². The Hall–Kier alpha value is -3.32. The third-order valence-corrected chi connectivity index (χ3v) is 5.25. The zero-order valence-corrected chi connectivity index (χ0v) is 15.9. The molecule has 2 heterocycles. The van der Waals surface area contributed by atoms with E-state index in [1.54, 1.807) is 31.2 Å². The molecular weight excluding hydrogens is 378 g/mol. The van der Waals surface area contributed by atoms with Crippen LogP contribution in [-0.4, -0.2) is 25.3 Å². The van der Waals surface area contributed by atoms with Crippen LogP contribution in [0.15, 0.2) is 54.6 Å². The second-order valence-corrected chi connectivity index (χ2v) is 7.01. The zero-order valence-electron chi connectivity index (χ0n) is 15.1. The standard InChI is InChI=1S/C21H17NO5S/c1-2-25-21(24)15-11-18(13-6-4-3-5-7-13)28-20(15)22-19(23)14-8-9-16-17(10-14)27-12-26-16/h3-11H,2,12H2,1H3,(H,22,23). The number of carbonyl (C=O) groups excluding carboxylic acids is 2. The molecule has 0 spiro atoms. The number of carbonyl (C=O) groups is 2. The molecule has 3 aromatic rings. The van der Waals surface area contributed by atoms with Crippen LogP contribution in [0.5, 0.6) is 11.5 Å². The zero-order chi connectivity index (χ0) is 19.5. The number of rotatable bonds is 5. The van der Waals surface area contributed by atoms with Crippen molar-refractivity contribution in [3.63, 3.8) is 0 Å². The summed E-state index contributed by atoms with van der Waals surface area (Å²) in [5.74, 6) is 0.313. The Morgan fingerprint density at radius 3 is 2.64 bits per heavy atom. The molecule has 0 fully saturated rings. The second kappa shape index (κ2) is 7.74. The summed E-state index contributed by atoms with van der Waals surface area (Å²) in [7, 11) is 0. The van der Waals surface area contributed by atoms with Gasteiger partial charge in [-0.05, 0) is 36.8 Å². The highest BCUT2D eigenvalue weighted by molar-refractivity contribution is 7.20. The van der Waals surface area contributed by atoms with Crippen LogP contribution in [0.2, 0.25) is 0 Å². The minimum atomic E-state index is -0.470. The van der Waals surface area contributed by atoms with Crippen molar-refractivity contribution in [1.29, 1.82) is 0 Å². The molecule has 7 heteroatoms. The van der Waals surface area contributed by atoms with Gasteiger partial charge in [0.1, 0.15) is 5.00 Å². The van der Waals surface area contributed by atoms with Gasteiger partial charge in [-0.1, -0.05) is 30.3 Å². The summed E-state index contributed by atoms with van der Waals surface area (Å²) in [6.45, 7) is 2.14. The average molecular weight is 395 g/mol. The number of anilines is 1. The summed E-state index contributed by atoms with van der Waals surface area (Å²) >= 11 is 1.33. The lowest BCUT2D eigenvalue weighted by Crippen LogP contribution is -2.14. The quantitative estimate of drug-likeness (QED) is 0.641. The van der Waals surface area contributed by atoms with Gasteiger partial charge in [0.25, 0.3) is 5.91 Å². The van der Waals surface area contributed by atoms with E-state index in [1.165, 1.54) is 11.3 Å². The fourth-order valence-electron chi connectivity index (χ4n) is 2.80. The molecule has 0 aliphatic carbocycles. The number of amides is 1. The SMILES string of the molecule is CCOC(=O)c1cc(-c2ccccc2)sc1NC(=O)c1ccc2c(c1)OCO2. The molecule has 1 N–H and O–H groups in total. The van der Waals surface area contributed by atoms with Crippen LogP contribution in [0, 0.1) is 0 Å². The molecule has 28 heavy (non-hydrogen) atoms. The Morgan fingerprint density at radius 1 is 1.07 bits per heavy atom. The van der Waals surface area contributed by atoms with E-state index in [9.17, 15) is 9.59 Å². The van der Waals surface area contributed by atoms with Crippen LogP contribution >= 0.6 is 11.3 Å². The van der Waals surface area contributed by atoms with Gasteiger partial charge in [-0.25, -0.2) is 4.79 Å². The van der Waals surface area contributed by atoms with Crippen molar-refractivity contribution in [3.05, 3.63) is 65.7 Å². The van der Waals surface area contributed by atoms with Crippen molar-refractivity contribution in [2.75, 3.05) is 18.7 Å². The third-order valence-electron chi connectivity index (χ3n) is 4.15. The van der Waals surface area contributed by atoms with Gasteiger partial charge in [0, 0.05) is 10.4 Å². The smallest absolute Gasteiger partial charge is 0.341 e. The number of fused-ring (bicyclic) bond motifs is 1. The molecule has 0 bridgehead atoms. The topological polar surface area (TPSA) is 73.9 Å². The first kappa shape index (κ1) is 18.1. The molecule has 1 amide bonds. The number of hydrogen-bond donors (Lipinski definition) is 1. The second-order valence-electron chi connectivity index (χ2n) is 5.96. The summed E-state index contributed by atoms with van der Waals surface area (Å²) in [4.78, 5) is 26.0. The van der Waals surface area contributed by atoms with Gasteiger partial charge in [0.05, 0.1) is 12.2 Å². The normalized spacial score (nSPS) is 11.9. The molecule has 1 aliphatic heterocycles. The highest BCUT2D eigenvalue weighted by Gasteiger charge is 2.22. The monoisotopic (exact) mass is 395 g/mol. The molecule has 0 saturated carbocycles. The first-order valence-electron chi connectivity index (χ1n) is 8.73. The number of esters is 1. The summed E-state index contributed by atoms with van der Waals surface area (Å²) in [6, 6.07) is 16.4. The largest absolute Gasteiger partial charge is 0.462 e. The fraction of sp³-hybridized carbons (Fsp3) is 0.143. The van der Waals surface area contributed by atoms with E-state index in [0.717, 1.165) is 10.4 Å². The predicted octanol–water partition coefficient (Wildman–Crippen LogP) is 4.57. The maximum atomic E-state index is 12.7. The Kier molecular flexibility index (Phi) is 4.99. The molecule has 0 saturated heterocycles. The first-order chi connectivity index (χ1) is 13.7. The number of benzene rings is 2. The Bertz CT molecular complexity index is 1030. The van der Waals surface area contributed by atoms with Crippen molar-refractivity contribution in [1.82, 2.24) is 0 Å². The summed E-state index contributed by atoms with van der Waals surface area (Å²) in [5.41, 5.74) is 1.70. The number of hydrogen-bond acceptors (Lipinski definition) is 6. The van der Waals surface area contributed by atoms with Crippen LogP contribution in [0.25, 0.3) is 10.4 Å². The average Bonchev–Trinajstić information content (AvgIpc) is 3.35. The van der Waals surface area contributed by atoms with Gasteiger partial charge in [-0.2, -0.15) is 0 Å². The first-order valence-corrected chi connectivity index (χ1v) is 9.54. The summed E-state index contributed by atoms with van der Waals surface area (Å²) in [6.07, 6.45) is 0. The summed E-state index contributed by atoms with van der Waals surface area (Å²) < 4.78 is 15.7. The van der Waals surface area contributed by atoms with E-state index in [4.69, 9.17) is 14.2 Å². The van der Waals surface area contributed by atoms with E-state index in [2.05, 4.69) is 5.32 Å². The lowest BCUT2D eigenvalue weighted by atomic mass is 10.1. The van der Waals surface area contributed by atoms with Crippen molar-refractivity contribution in [3.8, 4) is 21.9 Å². The minimum absolute atomic E-state index is 0.138. The van der Waals surface area contributed by atoms with Gasteiger partial charge in [0.15, 0.2) is 11.5 Å². The van der Waals surface area contributed by atoms with Crippen molar-refractivity contribution in [2.24, 2.45) is 0 Å². The maximum Gasteiger partial charge on any atom is 0.341 e. The molecular formula is C21H17NO5S. The Morgan fingerprint density at radius 2 is 1.86 bits per heavy atom. The minimum Gasteiger partial charge on any atom is -0.462 e. The predicted molar refractivity (Wildman–Crippen MR) is 106 cm³/mol. The van der Waals surface area contributed by atoms with Gasteiger partial charge >= 0.3 is 5.97 Å². The van der Waals surface area contributed by atoms with Gasteiger partial charge in [0.2, 0.25) is 6.79 Å². The molecule has 6 nitrogen and oxygen atoms in total. The van der Waals surface area contributed by atoms with Crippen molar-refractivity contribution in [2.45, 2.75) is 6.92 Å². The molecule has 1 aromatic heterocycles. The molecule has 0 atom stereocenters. The van der Waals surface area contributed by atoms with E-state index in [1.807, 2.05) is 30.3 Å². The van der Waals surface area contributed by atoms with Crippen molar-refractivity contribution < 1.29 is 23.8 Å². The lowest BCUT2D eigenvalue weighted by Gasteiger charge is -2.06. The van der Waals surface area contributed by atoms with Gasteiger partial charge in [-0.3, -0.25) is 4.79 Å². The Balaban J connectivity index is 1.64. The van der Waals surface area contributed by atoms with Crippen LogP contribution < -0.4 is 14.8 Å². The molecule has 0 unspecified atom stereocenters. The number of ether oxygens (including phenoxy) is 3. The van der Waals surface area contributed by atoms with Gasteiger partial charge < -0.3 is 19.5 Å². The molecule has 142 valence electrons. The molecule has 2 aromatic carbocycles. The number of nitrogens with one attached hydrogen (secondary N) is 1. The van der Waals surface area contributed by atoms with Crippen LogP contribution in [-0.2, 0) is 4.74 Å². The number of thiophene rings is 1. The van der Waals surface area contributed by atoms with Crippen molar-refractivity contribution >= 4 is 28.2 Å². The van der Waals surface area contributed by atoms with Crippen LogP contribution in [0.1, 0.15) is 27.6 Å². The highest BCUT2D eigenvalue weighted by Crippen LogP contribution is 2.37. The lowest BCUT2D eigenvalue weighted by molar-refractivity contribution is 0.0528. The fourth-order valence-corrected chi connectivity index (χ4v) is 3.85. The van der Waals surface area contributed by atoms with Crippen LogP contribution in [0.4, 0.5) is 5.00 Å². The molecule has 4 rings (SSSR count). The maximum absolute atomic E-state index is 12.7. The highest BCUT2D eigenvalue weighted by atomic mass is 32.1. The summed E-state index contributed by atoms with van der Waals surface area (Å²) in [5, 5.41) is 3.27. The van der Waals surface area contributed by atoms with Crippen LogP contribution in [0.3, 0.4) is 0 Å². The van der Waals surface area contributed by atoms with E-state index in [-0.39, 0.29) is 19.3 Å². The third kappa shape index (κ3) is 3.57. The van der Waals surface area contributed by atoms with E-state index < -0.39 is 5.97 Å². The molecule has 0 radical (unpaired) electrons. The van der Waals surface area contributed by atoms with Gasteiger partial charge in [-0.15, -0.1) is 11.3 Å². The van der Waals surface area contributed by atoms with E-state index in [0.29, 0.717) is 27.6 Å². The molecule has 1 aliphatic rings.